The van der Waals surface area contributed by atoms with Crippen LogP contribution in [0.2, 0.25) is 0 Å². The van der Waals surface area contributed by atoms with Crippen molar-refractivity contribution in [1.29, 1.82) is 0 Å². The number of nitrogens with one attached hydrogen (secondary N) is 1. The number of aryl methyl sites for hydroxylation is 1. The van der Waals surface area contributed by atoms with Gasteiger partial charge in [0.2, 0.25) is 10.0 Å². The molecule has 1 aromatic carbocycles. The molecule has 0 amide bonds. The number of aliphatic hydroxyl groups excluding tert-OH is 1. The number of benzene rings is 1. The molecule has 0 saturated heterocycles. The van der Waals surface area contributed by atoms with E-state index >= 15 is 0 Å². The molecule has 20 heavy (non-hydrogen) atoms. The van der Waals surface area contributed by atoms with E-state index in [1.54, 1.807) is 6.92 Å². The molecule has 6 heteroatoms. The quantitative estimate of drug-likeness (QED) is 0.893. The van der Waals surface area contributed by atoms with Gasteiger partial charge in [0.1, 0.15) is 10.7 Å². The Morgan fingerprint density at radius 2 is 2.05 bits per heavy atom. The number of halogens is 1. The van der Waals surface area contributed by atoms with Crippen molar-refractivity contribution in [3.8, 4) is 0 Å². The molecule has 1 saturated carbocycles. The molecule has 0 aliphatic heterocycles. The minimum atomic E-state index is -3.87. The Hall–Kier alpha value is -0.980. The molecule has 2 atom stereocenters. The molecule has 1 aliphatic carbocycles. The molecule has 1 fully saturated rings. The van der Waals surface area contributed by atoms with E-state index in [-0.39, 0.29) is 17.4 Å². The Labute approximate surface area is 119 Å². The van der Waals surface area contributed by atoms with Gasteiger partial charge in [0.15, 0.2) is 0 Å². The van der Waals surface area contributed by atoms with Gasteiger partial charge in [-0.05, 0) is 43.4 Å². The van der Waals surface area contributed by atoms with Crippen LogP contribution < -0.4 is 4.72 Å². The zero-order valence-corrected chi connectivity index (χ0v) is 12.3. The van der Waals surface area contributed by atoms with Crippen LogP contribution in [0.3, 0.4) is 0 Å². The number of hydrogen-bond acceptors (Lipinski definition) is 3. The lowest BCUT2D eigenvalue weighted by Gasteiger charge is -2.27. The first-order valence-electron chi connectivity index (χ1n) is 6.84. The number of aliphatic hydroxyl groups is 1. The van der Waals surface area contributed by atoms with E-state index in [4.69, 9.17) is 0 Å². The van der Waals surface area contributed by atoms with Gasteiger partial charge in [-0.15, -0.1) is 0 Å². The molecule has 2 N–H and O–H groups in total. The van der Waals surface area contributed by atoms with E-state index in [1.807, 2.05) is 0 Å². The van der Waals surface area contributed by atoms with Gasteiger partial charge in [-0.1, -0.05) is 18.9 Å². The second-order valence-corrected chi connectivity index (χ2v) is 7.13. The van der Waals surface area contributed by atoms with E-state index in [0.29, 0.717) is 12.0 Å². The summed E-state index contributed by atoms with van der Waals surface area (Å²) in [6.45, 7) is 1.86. The highest BCUT2D eigenvalue weighted by molar-refractivity contribution is 7.89. The SMILES string of the molecule is Cc1ccc(F)c(S(=O)(=O)NCC2CCCCC2O)c1. The van der Waals surface area contributed by atoms with Crippen molar-refractivity contribution < 1.29 is 17.9 Å². The van der Waals surface area contributed by atoms with Crippen molar-refractivity contribution >= 4 is 10.0 Å². The maximum atomic E-state index is 13.6. The number of hydrogen-bond donors (Lipinski definition) is 2. The summed E-state index contributed by atoms with van der Waals surface area (Å²) in [6, 6.07) is 3.99. The average Bonchev–Trinajstić information content (AvgIpc) is 2.40. The summed E-state index contributed by atoms with van der Waals surface area (Å²) in [5, 5.41) is 9.83. The summed E-state index contributed by atoms with van der Waals surface area (Å²) >= 11 is 0. The highest BCUT2D eigenvalue weighted by Crippen LogP contribution is 2.24. The van der Waals surface area contributed by atoms with Gasteiger partial charge >= 0.3 is 0 Å². The normalized spacial score (nSPS) is 23.8. The summed E-state index contributed by atoms with van der Waals surface area (Å²) in [5.41, 5.74) is 0.685. The van der Waals surface area contributed by atoms with E-state index in [2.05, 4.69) is 4.72 Å². The smallest absolute Gasteiger partial charge is 0.243 e. The molecule has 2 rings (SSSR count). The minimum Gasteiger partial charge on any atom is -0.393 e. The van der Waals surface area contributed by atoms with Gasteiger partial charge in [0, 0.05) is 6.54 Å². The van der Waals surface area contributed by atoms with Crippen LogP contribution in [0.1, 0.15) is 31.2 Å². The summed E-state index contributed by atoms with van der Waals surface area (Å²) in [7, 11) is -3.87. The summed E-state index contributed by atoms with van der Waals surface area (Å²) in [6.07, 6.45) is 2.97. The molecule has 2 unspecified atom stereocenters. The molecular formula is C14H20FNO3S. The fourth-order valence-corrected chi connectivity index (χ4v) is 3.79. The molecule has 4 nitrogen and oxygen atoms in total. The third-order valence-corrected chi connectivity index (χ3v) is 5.22. The van der Waals surface area contributed by atoms with E-state index in [1.165, 1.54) is 12.1 Å². The van der Waals surface area contributed by atoms with Crippen LogP contribution in [0, 0.1) is 18.7 Å². The maximum absolute atomic E-state index is 13.6. The monoisotopic (exact) mass is 301 g/mol. The Morgan fingerprint density at radius 3 is 2.75 bits per heavy atom. The maximum Gasteiger partial charge on any atom is 0.243 e. The predicted octanol–water partition coefficient (Wildman–Crippen LogP) is 1.96. The third kappa shape index (κ3) is 3.56. The lowest BCUT2D eigenvalue weighted by Crippen LogP contribution is -2.36. The van der Waals surface area contributed by atoms with Crippen molar-refractivity contribution in [3.05, 3.63) is 29.6 Å². The van der Waals surface area contributed by atoms with E-state index in [9.17, 15) is 17.9 Å². The molecule has 1 aliphatic rings. The molecule has 0 radical (unpaired) electrons. The largest absolute Gasteiger partial charge is 0.393 e. The molecule has 0 aromatic heterocycles. The van der Waals surface area contributed by atoms with Crippen LogP contribution in [-0.2, 0) is 10.0 Å². The first-order chi connectivity index (χ1) is 9.40. The van der Waals surface area contributed by atoms with Crippen LogP contribution in [0.15, 0.2) is 23.1 Å². The van der Waals surface area contributed by atoms with Crippen LogP contribution in [0.25, 0.3) is 0 Å². The number of sulfonamides is 1. The second-order valence-electron chi connectivity index (χ2n) is 5.40. The summed E-state index contributed by atoms with van der Waals surface area (Å²) < 4.78 is 40.3. The molecule has 0 heterocycles. The summed E-state index contributed by atoms with van der Waals surface area (Å²) in [4.78, 5) is -0.331. The number of rotatable bonds is 4. The Kier molecular flexibility index (Phi) is 4.78. The van der Waals surface area contributed by atoms with Crippen molar-refractivity contribution in [2.75, 3.05) is 6.54 Å². The van der Waals surface area contributed by atoms with Gasteiger partial charge < -0.3 is 5.11 Å². The Balaban J connectivity index is 2.09. The van der Waals surface area contributed by atoms with Crippen LogP contribution in [0.5, 0.6) is 0 Å². The van der Waals surface area contributed by atoms with Crippen molar-refractivity contribution in [3.63, 3.8) is 0 Å². The fraction of sp³-hybridized carbons (Fsp3) is 0.571. The second kappa shape index (κ2) is 6.20. The van der Waals surface area contributed by atoms with E-state index < -0.39 is 21.9 Å². The Morgan fingerprint density at radius 1 is 1.35 bits per heavy atom. The zero-order chi connectivity index (χ0) is 14.8. The van der Waals surface area contributed by atoms with Gasteiger partial charge in [-0.2, -0.15) is 0 Å². The predicted molar refractivity (Wildman–Crippen MR) is 74.3 cm³/mol. The van der Waals surface area contributed by atoms with Crippen LogP contribution >= 0.6 is 0 Å². The lowest BCUT2D eigenvalue weighted by molar-refractivity contribution is 0.0724. The van der Waals surface area contributed by atoms with Crippen molar-refractivity contribution in [1.82, 2.24) is 4.72 Å². The van der Waals surface area contributed by atoms with Crippen molar-refractivity contribution in [2.45, 2.75) is 43.6 Å². The standard InChI is InChI=1S/C14H20FNO3S/c1-10-6-7-12(15)14(8-10)20(18,19)16-9-11-4-2-3-5-13(11)17/h6-8,11,13,16-17H,2-5,9H2,1H3. The average molecular weight is 301 g/mol. The molecular weight excluding hydrogens is 281 g/mol. The van der Waals surface area contributed by atoms with E-state index in [0.717, 1.165) is 25.3 Å². The molecule has 112 valence electrons. The first-order valence-corrected chi connectivity index (χ1v) is 8.32. The summed E-state index contributed by atoms with van der Waals surface area (Å²) in [5.74, 6) is -0.848. The van der Waals surface area contributed by atoms with Crippen LogP contribution in [-0.4, -0.2) is 26.2 Å². The topological polar surface area (TPSA) is 66.4 Å². The highest BCUT2D eigenvalue weighted by Gasteiger charge is 2.26. The fourth-order valence-electron chi connectivity index (χ4n) is 2.54. The van der Waals surface area contributed by atoms with Gasteiger partial charge in [-0.3, -0.25) is 0 Å². The van der Waals surface area contributed by atoms with Crippen molar-refractivity contribution in [2.24, 2.45) is 5.92 Å². The molecule has 0 bridgehead atoms. The molecule has 0 spiro atoms. The first kappa shape index (κ1) is 15.4. The highest BCUT2D eigenvalue weighted by atomic mass is 32.2. The zero-order valence-electron chi connectivity index (χ0n) is 11.5. The Bertz CT molecular complexity index is 574. The third-order valence-electron chi connectivity index (χ3n) is 3.78. The minimum absolute atomic E-state index is 0.0913. The van der Waals surface area contributed by atoms with Gasteiger partial charge in [0.25, 0.3) is 0 Å². The van der Waals surface area contributed by atoms with Gasteiger partial charge in [-0.25, -0.2) is 17.5 Å². The van der Waals surface area contributed by atoms with Gasteiger partial charge in [0.05, 0.1) is 6.10 Å². The lowest BCUT2D eigenvalue weighted by atomic mass is 9.87. The molecule has 1 aromatic rings. The van der Waals surface area contributed by atoms with Crippen LogP contribution in [0.4, 0.5) is 4.39 Å².